The Labute approximate surface area is 269 Å². The van der Waals surface area contributed by atoms with Crippen LogP contribution >= 0.6 is 0 Å². The Morgan fingerprint density at radius 1 is 0.220 bits per heavy atom. The summed E-state index contributed by atoms with van der Waals surface area (Å²) in [7, 11) is 0. The van der Waals surface area contributed by atoms with Crippen molar-refractivity contribution in [3.8, 4) is 0 Å². The van der Waals surface area contributed by atoms with Crippen LogP contribution in [0.25, 0.3) is 0 Å². The zero-order valence-electron chi connectivity index (χ0n) is 25.0. The number of rotatable bonds is 0. The van der Waals surface area contributed by atoms with Crippen molar-refractivity contribution in [1.29, 1.82) is 0 Å². The average Bonchev–Trinajstić information content (AvgIpc) is 3.73. The summed E-state index contributed by atoms with van der Waals surface area (Å²) in [5, 5.41) is 33.8. The van der Waals surface area contributed by atoms with Crippen molar-refractivity contribution in [2.24, 2.45) is 47.3 Å². The van der Waals surface area contributed by atoms with Crippen LogP contribution in [0.1, 0.15) is 103 Å². The third-order valence-electron chi connectivity index (χ3n) is 13.8. The van der Waals surface area contributed by atoms with E-state index < -0.39 is 0 Å². The standard InChI is InChI=1S/C32H56N8.Pu/c1-2-10-18-17(9-1)25-33-26(18)38-28-21-13-5-6-14-22(21)30(35-28)40-32-24-16-8-7-15-23(24)31(36-32)39-29-20-12-4-3-11-19(20)27(34-29)37-25;/h17-40H,1-16H2;. The van der Waals surface area contributed by atoms with E-state index in [4.69, 9.17) is 0 Å². The Kier molecular flexibility index (Phi) is 8.60. The summed E-state index contributed by atoms with van der Waals surface area (Å²) in [5.41, 5.74) is 0. The summed E-state index contributed by atoms with van der Waals surface area (Å²) in [5.74, 6) is 5.97. The summed E-state index contributed by atoms with van der Waals surface area (Å²) in [6, 6.07) is 0. The van der Waals surface area contributed by atoms with Crippen LogP contribution in [0.3, 0.4) is 0 Å². The Morgan fingerprint density at radius 2 is 0.341 bits per heavy atom. The van der Waals surface area contributed by atoms with Crippen LogP contribution < -0.4 is 42.5 Å². The first kappa shape index (κ1) is 29.1. The summed E-state index contributed by atoms with van der Waals surface area (Å²) in [6.45, 7) is 0. The molecule has 0 aromatic heterocycles. The molecule has 230 valence electrons. The minimum atomic E-state index is 0. The quantitative estimate of drug-likeness (QED) is 0.190. The first-order chi connectivity index (χ1) is 19.8. The SMILES string of the molecule is C1CCC2C3NC(NC4NC(NC5NC(NC6NC(N3)C3CCCCC63)C3CCCCC53)C3CCCCC43)C2C1.[Pu]. The Morgan fingerprint density at radius 3 is 0.463 bits per heavy atom. The number of nitrogens with one attached hydrogen (secondary N) is 8. The van der Waals surface area contributed by atoms with E-state index in [0.717, 1.165) is 47.3 Å². The van der Waals surface area contributed by atoms with Gasteiger partial charge in [-0.3, -0.25) is 42.5 Å². The molecule has 5 saturated heterocycles. The maximum atomic E-state index is 4.26. The molecule has 41 heavy (non-hydrogen) atoms. The number of fused-ring (bicyclic) bond motifs is 20. The van der Waals surface area contributed by atoms with Gasteiger partial charge in [0.25, 0.3) is 0 Å². The van der Waals surface area contributed by atoms with Crippen molar-refractivity contribution in [1.82, 2.24) is 42.5 Å². The van der Waals surface area contributed by atoms with Crippen molar-refractivity contribution in [2.45, 2.75) is 152 Å². The topological polar surface area (TPSA) is 96.2 Å². The molecule has 0 radical (unpaired) electrons. The molecule has 9 aliphatic rings. The van der Waals surface area contributed by atoms with Gasteiger partial charge in [0.15, 0.2) is 0 Å². The minimum absolute atomic E-state index is 0. The van der Waals surface area contributed by atoms with Crippen molar-refractivity contribution in [3.63, 3.8) is 0 Å². The molecular formula is C32H56N8Pu. The molecule has 8 bridgehead atoms. The zero-order valence-corrected chi connectivity index (χ0v) is 28.4. The fraction of sp³-hybridized carbons (Fsp3) is 1.00. The summed E-state index contributed by atoms with van der Waals surface area (Å²) in [4.78, 5) is 0. The average molecular weight is 797 g/mol. The first-order valence-corrected chi connectivity index (χ1v) is 17.9. The monoisotopic (exact) mass is 791 g/mol. The van der Waals surface area contributed by atoms with Crippen molar-refractivity contribution < 1.29 is 29.2 Å². The van der Waals surface area contributed by atoms with Crippen LogP contribution in [0.5, 0.6) is 0 Å². The molecular weight excluding hydrogens is 740 g/mol. The van der Waals surface area contributed by atoms with Crippen molar-refractivity contribution >= 4 is 0 Å². The number of hydrogen-bond acceptors (Lipinski definition) is 8. The van der Waals surface area contributed by atoms with E-state index in [2.05, 4.69) is 42.5 Å². The molecule has 8 N–H and O–H groups in total. The maximum absolute atomic E-state index is 4.26. The van der Waals surface area contributed by atoms with Crippen LogP contribution in [0.2, 0.25) is 0 Å². The van der Waals surface area contributed by atoms with Gasteiger partial charge in [-0.1, -0.05) is 51.4 Å². The molecule has 0 aromatic carbocycles. The fourth-order valence-electron chi connectivity index (χ4n) is 12.0. The number of hydrogen-bond donors (Lipinski definition) is 8. The predicted octanol–water partition coefficient (Wildman–Crippen LogP) is 2.61. The zero-order chi connectivity index (χ0) is 26.2. The van der Waals surface area contributed by atoms with Crippen LogP contribution in [0.15, 0.2) is 0 Å². The van der Waals surface area contributed by atoms with E-state index in [0.29, 0.717) is 49.3 Å². The molecule has 9 fully saturated rings. The van der Waals surface area contributed by atoms with Gasteiger partial charge in [0, 0.05) is 29.2 Å². The molecule has 0 amide bonds. The van der Waals surface area contributed by atoms with Gasteiger partial charge in [0.1, 0.15) is 0 Å². The maximum Gasteiger partial charge on any atom is 0.0628 e. The molecule has 4 aliphatic carbocycles. The van der Waals surface area contributed by atoms with Crippen molar-refractivity contribution in [2.75, 3.05) is 0 Å². The second-order valence-electron chi connectivity index (χ2n) is 15.6. The predicted molar refractivity (Wildman–Crippen MR) is 157 cm³/mol. The second kappa shape index (κ2) is 12.1. The summed E-state index contributed by atoms with van der Waals surface area (Å²) < 4.78 is 0. The Bertz CT molecular complexity index is 716. The van der Waals surface area contributed by atoms with Gasteiger partial charge in [0.05, 0.1) is 49.3 Å². The molecule has 0 aromatic rings. The third kappa shape index (κ3) is 5.15. The van der Waals surface area contributed by atoms with E-state index in [1.807, 2.05) is 0 Å². The van der Waals surface area contributed by atoms with Gasteiger partial charge < -0.3 is 0 Å². The normalized spacial score (nSPS) is 56.2. The van der Waals surface area contributed by atoms with Gasteiger partial charge in [0.2, 0.25) is 0 Å². The fourth-order valence-corrected chi connectivity index (χ4v) is 12.0. The molecule has 8 unspecified atom stereocenters. The Hall–Kier alpha value is 0.667. The summed E-state index contributed by atoms with van der Waals surface area (Å²) >= 11 is 0. The van der Waals surface area contributed by atoms with E-state index in [1.165, 1.54) is 103 Å². The minimum Gasteiger partial charge on any atom is -0.286 e. The Balaban J connectivity index is 0.00000256. The van der Waals surface area contributed by atoms with E-state index in [9.17, 15) is 0 Å². The molecule has 8 atom stereocenters. The first-order valence-electron chi connectivity index (χ1n) is 17.9. The summed E-state index contributed by atoms with van der Waals surface area (Å²) in [6.07, 6.45) is 25.6. The van der Waals surface area contributed by atoms with Gasteiger partial charge in [-0.2, -0.15) is 0 Å². The van der Waals surface area contributed by atoms with Crippen molar-refractivity contribution in [3.05, 3.63) is 0 Å². The smallest absolute Gasteiger partial charge is 0.0628 e. The largest absolute Gasteiger partial charge is 0.286 e. The molecule has 4 saturated carbocycles. The van der Waals surface area contributed by atoms with Gasteiger partial charge in [-0.25, -0.2) is 0 Å². The van der Waals surface area contributed by atoms with Crippen LogP contribution in [0, 0.1) is 76.5 Å². The molecule has 8 nitrogen and oxygen atoms in total. The molecule has 0 spiro atoms. The van der Waals surface area contributed by atoms with Gasteiger partial charge in [-0.05, 0) is 98.7 Å². The molecule has 5 aliphatic heterocycles. The molecule has 9 rings (SSSR count). The van der Waals surface area contributed by atoms with Gasteiger partial charge in [-0.15, -0.1) is 0 Å². The van der Waals surface area contributed by atoms with E-state index >= 15 is 0 Å². The molecule has 5 heterocycles. The van der Waals surface area contributed by atoms with Crippen LogP contribution in [-0.4, -0.2) is 49.3 Å². The van der Waals surface area contributed by atoms with E-state index in [-0.39, 0.29) is 29.2 Å². The molecule has 9 heteroatoms. The second-order valence-corrected chi connectivity index (χ2v) is 15.6. The third-order valence-corrected chi connectivity index (χ3v) is 13.8. The van der Waals surface area contributed by atoms with Crippen LogP contribution in [0.4, 0.5) is 0 Å². The van der Waals surface area contributed by atoms with E-state index in [1.54, 1.807) is 0 Å². The van der Waals surface area contributed by atoms with Gasteiger partial charge >= 0.3 is 0 Å². The van der Waals surface area contributed by atoms with Crippen LogP contribution in [-0.2, 0) is 0 Å².